The fourth-order valence-corrected chi connectivity index (χ4v) is 3.43. The average molecular weight is 334 g/mol. The summed E-state index contributed by atoms with van der Waals surface area (Å²) in [5.74, 6) is 0. The van der Waals surface area contributed by atoms with Crippen molar-refractivity contribution in [2.75, 3.05) is 38.1 Å². The molecule has 5 heteroatoms. The van der Waals surface area contributed by atoms with Gasteiger partial charge in [0.1, 0.15) is 12.6 Å². The molecule has 3 aromatic rings. The van der Waals surface area contributed by atoms with Gasteiger partial charge in [0.25, 0.3) is 0 Å². The molecule has 25 heavy (non-hydrogen) atoms. The van der Waals surface area contributed by atoms with Gasteiger partial charge in [-0.15, -0.1) is 0 Å². The van der Waals surface area contributed by atoms with Gasteiger partial charge in [-0.05, 0) is 62.5 Å². The molecule has 1 aliphatic rings. The molecule has 0 amide bonds. The van der Waals surface area contributed by atoms with Crippen molar-refractivity contribution in [2.24, 2.45) is 0 Å². The van der Waals surface area contributed by atoms with Crippen molar-refractivity contribution < 1.29 is 4.79 Å². The van der Waals surface area contributed by atoms with Crippen LogP contribution in [0.4, 0.5) is 5.69 Å². The first-order chi connectivity index (χ1) is 12.2. The number of aromatic nitrogens is 2. The van der Waals surface area contributed by atoms with E-state index in [0.29, 0.717) is 5.56 Å². The first-order valence-corrected chi connectivity index (χ1v) is 8.71. The zero-order valence-corrected chi connectivity index (χ0v) is 14.4. The molecule has 0 atom stereocenters. The highest BCUT2D eigenvalue weighted by Crippen LogP contribution is 2.23. The molecule has 2 heterocycles. The molecule has 0 N–H and O–H groups in total. The maximum Gasteiger partial charge on any atom is 0.150 e. The molecular weight excluding hydrogens is 312 g/mol. The topological polar surface area (TPSA) is 41.4 Å². The van der Waals surface area contributed by atoms with Crippen molar-refractivity contribution in [2.45, 2.75) is 6.42 Å². The summed E-state index contributed by atoms with van der Waals surface area (Å²) in [6.07, 6.45) is 3.88. The standard InChI is InChI=1S/C20H22N4O/c1-22-9-2-10-23(12-11-22)17-4-6-18(7-5-17)24-15-21-19-8-3-16(14-25)13-20(19)24/h3-8,13-15H,2,9-12H2,1H3. The summed E-state index contributed by atoms with van der Waals surface area (Å²) in [4.78, 5) is 20.3. The van der Waals surface area contributed by atoms with Crippen LogP contribution in [0.25, 0.3) is 16.7 Å². The second kappa shape index (κ2) is 6.69. The average Bonchev–Trinajstić information content (AvgIpc) is 2.95. The summed E-state index contributed by atoms with van der Waals surface area (Å²) in [5, 5.41) is 0. The Hall–Kier alpha value is -2.66. The largest absolute Gasteiger partial charge is 0.370 e. The van der Waals surface area contributed by atoms with Gasteiger partial charge in [0.2, 0.25) is 0 Å². The Bertz CT molecular complexity index is 884. The van der Waals surface area contributed by atoms with Gasteiger partial charge in [0.05, 0.1) is 11.0 Å². The number of carbonyl (C=O) groups excluding carboxylic acids is 1. The molecule has 0 unspecified atom stereocenters. The Labute approximate surface area is 147 Å². The third-order valence-corrected chi connectivity index (χ3v) is 4.92. The summed E-state index contributed by atoms with van der Waals surface area (Å²) in [7, 11) is 2.18. The van der Waals surface area contributed by atoms with E-state index in [1.54, 1.807) is 6.07 Å². The number of carbonyl (C=O) groups is 1. The van der Waals surface area contributed by atoms with Gasteiger partial charge < -0.3 is 9.80 Å². The van der Waals surface area contributed by atoms with E-state index in [9.17, 15) is 4.79 Å². The Morgan fingerprint density at radius 1 is 0.960 bits per heavy atom. The summed E-state index contributed by atoms with van der Waals surface area (Å²) >= 11 is 0. The second-order valence-corrected chi connectivity index (χ2v) is 6.64. The van der Waals surface area contributed by atoms with Crippen molar-refractivity contribution in [3.8, 4) is 5.69 Å². The summed E-state index contributed by atoms with van der Waals surface area (Å²) < 4.78 is 2.03. The van der Waals surface area contributed by atoms with Gasteiger partial charge in [-0.3, -0.25) is 9.36 Å². The van der Waals surface area contributed by atoms with Gasteiger partial charge in [-0.1, -0.05) is 0 Å². The predicted octanol–water partition coefficient (Wildman–Crippen LogP) is 2.98. The minimum absolute atomic E-state index is 0.666. The predicted molar refractivity (Wildman–Crippen MR) is 101 cm³/mol. The van der Waals surface area contributed by atoms with E-state index in [0.717, 1.165) is 49.2 Å². The summed E-state index contributed by atoms with van der Waals surface area (Å²) in [6.45, 7) is 4.42. The smallest absolute Gasteiger partial charge is 0.150 e. The highest BCUT2D eigenvalue weighted by molar-refractivity contribution is 5.86. The third-order valence-electron chi connectivity index (χ3n) is 4.92. The highest BCUT2D eigenvalue weighted by atomic mass is 16.1. The van der Waals surface area contributed by atoms with Gasteiger partial charge in [-0.2, -0.15) is 0 Å². The molecule has 0 radical (unpaired) electrons. The zero-order chi connectivity index (χ0) is 17.2. The number of imidazole rings is 1. The third kappa shape index (κ3) is 3.15. The molecule has 1 aromatic heterocycles. The first kappa shape index (κ1) is 15.8. The number of likely N-dealkylation sites (N-methyl/N-ethyl adjacent to an activating group) is 1. The van der Waals surface area contributed by atoms with Crippen molar-refractivity contribution in [1.29, 1.82) is 0 Å². The van der Waals surface area contributed by atoms with Gasteiger partial charge in [0.15, 0.2) is 0 Å². The molecular formula is C20H22N4O. The van der Waals surface area contributed by atoms with Crippen molar-refractivity contribution >= 4 is 23.0 Å². The molecule has 1 saturated heterocycles. The molecule has 1 aliphatic heterocycles. The normalized spacial score (nSPS) is 16.1. The Morgan fingerprint density at radius 3 is 2.56 bits per heavy atom. The van der Waals surface area contributed by atoms with E-state index >= 15 is 0 Å². The number of aldehydes is 1. The Kier molecular flexibility index (Phi) is 4.24. The quantitative estimate of drug-likeness (QED) is 0.691. The number of hydrogen-bond donors (Lipinski definition) is 0. The van der Waals surface area contributed by atoms with E-state index in [1.807, 2.05) is 23.0 Å². The first-order valence-electron chi connectivity index (χ1n) is 8.71. The van der Waals surface area contributed by atoms with E-state index in [4.69, 9.17) is 0 Å². The van der Waals surface area contributed by atoms with Crippen LogP contribution in [-0.4, -0.2) is 54.0 Å². The van der Waals surface area contributed by atoms with Crippen LogP contribution in [0, 0.1) is 0 Å². The number of fused-ring (bicyclic) bond motifs is 1. The number of hydrogen-bond acceptors (Lipinski definition) is 4. The van der Waals surface area contributed by atoms with Crippen LogP contribution >= 0.6 is 0 Å². The fraction of sp³-hybridized carbons (Fsp3) is 0.300. The molecule has 0 saturated carbocycles. The van der Waals surface area contributed by atoms with Crippen LogP contribution in [0.15, 0.2) is 48.8 Å². The van der Waals surface area contributed by atoms with Crippen molar-refractivity contribution in [3.05, 3.63) is 54.4 Å². The number of benzene rings is 2. The van der Waals surface area contributed by atoms with Crippen LogP contribution in [0.5, 0.6) is 0 Å². The zero-order valence-electron chi connectivity index (χ0n) is 14.4. The lowest BCUT2D eigenvalue weighted by atomic mass is 10.2. The molecule has 0 bridgehead atoms. The number of nitrogens with zero attached hydrogens (tertiary/aromatic N) is 4. The number of rotatable bonds is 3. The lowest BCUT2D eigenvalue weighted by Crippen LogP contribution is -2.28. The van der Waals surface area contributed by atoms with Gasteiger partial charge in [0, 0.05) is 36.6 Å². The van der Waals surface area contributed by atoms with Gasteiger partial charge >= 0.3 is 0 Å². The van der Waals surface area contributed by atoms with E-state index in [1.165, 1.54) is 12.1 Å². The van der Waals surface area contributed by atoms with E-state index in [2.05, 4.69) is 46.1 Å². The SMILES string of the molecule is CN1CCCN(c2ccc(-n3cnc4ccc(C=O)cc43)cc2)CC1. The molecule has 0 aliphatic carbocycles. The van der Waals surface area contributed by atoms with Crippen LogP contribution in [-0.2, 0) is 0 Å². The van der Waals surface area contributed by atoms with E-state index < -0.39 is 0 Å². The molecule has 128 valence electrons. The molecule has 4 rings (SSSR count). The molecule has 5 nitrogen and oxygen atoms in total. The summed E-state index contributed by atoms with van der Waals surface area (Å²) in [6, 6.07) is 14.2. The second-order valence-electron chi connectivity index (χ2n) is 6.64. The Balaban J connectivity index is 1.63. The molecule has 1 fully saturated rings. The van der Waals surface area contributed by atoms with Crippen LogP contribution in [0.1, 0.15) is 16.8 Å². The van der Waals surface area contributed by atoms with Gasteiger partial charge in [-0.25, -0.2) is 4.98 Å². The molecule has 2 aromatic carbocycles. The minimum Gasteiger partial charge on any atom is -0.370 e. The monoisotopic (exact) mass is 334 g/mol. The fourth-order valence-electron chi connectivity index (χ4n) is 3.43. The van der Waals surface area contributed by atoms with Crippen LogP contribution in [0.3, 0.4) is 0 Å². The minimum atomic E-state index is 0.666. The lowest BCUT2D eigenvalue weighted by Gasteiger charge is -2.23. The van der Waals surface area contributed by atoms with Crippen LogP contribution < -0.4 is 4.90 Å². The van der Waals surface area contributed by atoms with E-state index in [-0.39, 0.29) is 0 Å². The Morgan fingerprint density at radius 2 is 1.76 bits per heavy atom. The lowest BCUT2D eigenvalue weighted by molar-refractivity contribution is 0.112. The van der Waals surface area contributed by atoms with Crippen LogP contribution in [0.2, 0.25) is 0 Å². The number of anilines is 1. The highest BCUT2D eigenvalue weighted by Gasteiger charge is 2.13. The molecule has 0 spiro atoms. The maximum absolute atomic E-state index is 11.1. The van der Waals surface area contributed by atoms with Crippen molar-refractivity contribution in [3.63, 3.8) is 0 Å². The van der Waals surface area contributed by atoms with Crippen molar-refractivity contribution in [1.82, 2.24) is 14.5 Å². The maximum atomic E-state index is 11.1. The summed E-state index contributed by atoms with van der Waals surface area (Å²) in [5.41, 5.74) is 4.83.